The number of aromatic amines is 1. The number of pyridine rings is 1. The lowest BCUT2D eigenvalue weighted by Gasteiger charge is -1.86. The van der Waals surface area contributed by atoms with Crippen molar-refractivity contribution in [2.75, 3.05) is 0 Å². The van der Waals surface area contributed by atoms with Gasteiger partial charge in [-0.15, -0.1) is 0 Å². The lowest BCUT2D eigenvalue weighted by atomic mass is 10.2. The molecule has 4 nitrogen and oxygen atoms in total. The molecule has 0 spiro atoms. The minimum Gasteiger partial charge on any atom is -0.407 e. The van der Waals surface area contributed by atoms with E-state index in [0.29, 0.717) is 5.49 Å². The summed E-state index contributed by atoms with van der Waals surface area (Å²) in [5, 5.41) is 16.7. The summed E-state index contributed by atoms with van der Waals surface area (Å²) in [6.07, 6.45) is 1.65. The molecule has 5 heteroatoms. The van der Waals surface area contributed by atoms with E-state index in [-0.39, 0.29) is 0 Å². The molecule has 0 unspecified atom stereocenters. The second-order valence-electron chi connectivity index (χ2n) is 1.72. The summed E-state index contributed by atoms with van der Waals surface area (Å²) in [4.78, 5) is 6.13. The second kappa shape index (κ2) is 3.19. The minimum absolute atomic E-state index is 0.442. The maximum atomic E-state index is 8.37. The molecule has 0 amide bonds. The number of nitrogens with one attached hydrogen (secondary N) is 1. The Balaban J connectivity index is 2.95. The van der Waals surface area contributed by atoms with Gasteiger partial charge in [0.15, 0.2) is 0 Å². The van der Waals surface area contributed by atoms with Crippen molar-refractivity contribution in [3.63, 3.8) is 0 Å². The Hall–Kier alpha value is -1.07. The van der Waals surface area contributed by atoms with Crippen LogP contribution in [0.4, 0.5) is 0 Å². The molecule has 1 rings (SSSR count). The number of hydrogen-bond donors (Lipinski definition) is 3. The molecule has 0 fully saturated rings. The molecule has 0 aromatic carbocycles. The SMILES string of the molecule is OB(O)N=c1cccc[nH]1. The number of rotatable bonds is 1. The Morgan fingerprint density at radius 1 is 1.40 bits per heavy atom. The smallest absolute Gasteiger partial charge is 0.407 e. The lowest BCUT2D eigenvalue weighted by Crippen LogP contribution is -2.16. The summed E-state index contributed by atoms with van der Waals surface area (Å²) in [6, 6.07) is 5.17. The standard InChI is InChI=1S/C5H7BN2O2/c9-6(10)8-5-3-1-2-4-7-5/h1-4,9-10H,(H,7,8). The number of hydrogen-bond acceptors (Lipinski definition) is 3. The maximum Gasteiger partial charge on any atom is 0.608 e. The zero-order chi connectivity index (χ0) is 7.40. The van der Waals surface area contributed by atoms with Crippen molar-refractivity contribution in [2.24, 2.45) is 4.90 Å². The third-order valence-electron chi connectivity index (χ3n) is 0.947. The zero-order valence-corrected chi connectivity index (χ0v) is 5.23. The van der Waals surface area contributed by atoms with Gasteiger partial charge in [-0.2, -0.15) is 0 Å². The first-order chi connectivity index (χ1) is 4.79. The van der Waals surface area contributed by atoms with Crippen molar-refractivity contribution < 1.29 is 10.0 Å². The van der Waals surface area contributed by atoms with Gasteiger partial charge in [-0.05, 0) is 12.1 Å². The summed E-state index contributed by atoms with van der Waals surface area (Å²) in [7, 11) is -1.64. The van der Waals surface area contributed by atoms with E-state index >= 15 is 0 Å². The highest BCUT2D eigenvalue weighted by Gasteiger charge is 2.00. The average molecular weight is 138 g/mol. The Bertz CT molecular complexity index is 240. The van der Waals surface area contributed by atoms with Crippen LogP contribution < -0.4 is 5.49 Å². The Labute approximate surface area is 58.1 Å². The first-order valence-corrected chi connectivity index (χ1v) is 2.83. The molecular formula is C5H7BN2O2. The highest BCUT2D eigenvalue weighted by Crippen LogP contribution is 1.71. The molecule has 1 heterocycles. The fraction of sp³-hybridized carbons (Fsp3) is 0. The summed E-state index contributed by atoms with van der Waals surface area (Å²) in [6.45, 7) is 0. The van der Waals surface area contributed by atoms with Gasteiger partial charge in [0.1, 0.15) is 5.49 Å². The minimum atomic E-state index is -1.64. The Morgan fingerprint density at radius 3 is 2.70 bits per heavy atom. The van der Waals surface area contributed by atoms with Crippen molar-refractivity contribution >= 4 is 7.25 Å². The Morgan fingerprint density at radius 2 is 2.20 bits per heavy atom. The van der Waals surface area contributed by atoms with Gasteiger partial charge in [0.2, 0.25) is 0 Å². The normalized spacial score (nSPS) is 11.6. The van der Waals surface area contributed by atoms with Gasteiger partial charge in [-0.25, -0.2) is 0 Å². The molecule has 0 aliphatic carbocycles. The summed E-state index contributed by atoms with van der Waals surface area (Å²) >= 11 is 0. The van der Waals surface area contributed by atoms with E-state index in [1.54, 1.807) is 24.4 Å². The quantitative estimate of drug-likeness (QED) is 0.430. The molecule has 0 saturated heterocycles. The van der Waals surface area contributed by atoms with Crippen LogP contribution in [0.3, 0.4) is 0 Å². The van der Waals surface area contributed by atoms with Gasteiger partial charge in [-0.1, -0.05) is 6.07 Å². The predicted octanol–water partition coefficient (Wildman–Crippen LogP) is -1.12. The molecule has 10 heavy (non-hydrogen) atoms. The fourth-order valence-corrected chi connectivity index (χ4v) is 0.589. The summed E-state index contributed by atoms with van der Waals surface area (Å²) in [5.74, 6) is 0. The number of H-pyrrole nitrogens is 1. The van der Waals surface area contributed by atoms with Gasteiger partial charge in [-0.3, -0.25) is 4.90 Å². The molecule has 0 radical (unpaired) electrons. The molecule has 1 aromatic heterocycles. The molecule has 1 aromatic rings. The van der Waals surface area contributed by atoms with Gasteiger partial charge >= 0.3 is 7.25 Å². The Kier molecular flexibility index (Phi) is 2.25. The van der Waals surface area contributed by atoms with E-state index in [2.05, 4.69) is 9.89 Å². The van der Waals surface area contributed by atoms with Crippen LogP contribution in [0.2, 0.25) is 0 Å². The molecular weight excluding hydrogens is 131 g/mol. The van der Waals surface area contributed by atoms with Crippen LogP contribution >= 0.6 is 0 Å². The molecule has 3 N–H and O–H groups in total. The highest BCUT2D eigenvalue weighted by molar-refractivity contribution is 6.38. The van der Waals surface area contributed by atoms with Crippen LogP contribution in [0, 0.1) is 0 Å². The zero-order valence-electron chi connectivity index (χ0n) is 5.23. The van der Waals surface area contributed by atoms with E-state index in [0.717, 1.165) is 0 Å². The van der Waals surface area contributed by atoms with Crippen LogP contribution in [-0.2, 0) is 0 Å². The van der Waals surface area contributed by atoms with E-state index in [9.17, 15) is 0 Å². The lowest BCUT2D eigenvalue weighted by molar-refractivity contribution is 0.407. The van der Waals surface area contributed by atoms with Crippen molar-refractivity contribution in [3.8, 4) is 0 Å². The van der Waals surface area contributed by atoms with Gasteiger partial charge in [0.25, 0.3) is 0 Å². The van der Waals surface area contributed by atoms with Crippen LogP contribution in [0.1, 0.15) is 0 Å². The first kappa shape index (κ1) is 7.05. The van der Waals surface area contributed by atoms with Crippen LogP contribution in [0.5, 0.6) is 0 Å². The third-order valence-corrected chi connectivity index (χ3v) is 0.947. The largest absolute Gasteiger partial charge is 0.608 e. The number of aromatic nitrogens is 1. The van der Waals surface area contributed by atoms with Gasteiger partial charge in [0.05, 0.1) is 0 Å². The van der Waals surface area contributed by atoms with Gasteiger partial charge in [0, 0.05) is 6.20 Å². The maximum absolute atomic E-state index is 8.37. The van der Waals surface area contributed by atoms with E-state index in [1.165, 1.54) is 0 Å². The third kappa shape index (κ3) is 2.04. The second-order valence-corrected chi connectivity index (χ2v) is 1.72. The van der Waals surface area contributed by atoms with Crippen molar-refractivity contribution in [1.82, 2.24) is 4.98 Å². The van der Waals surface area contributed by atoms with Crippen LogP contribution in [-0.4, -0.2) is 22.3 Å². The number of nitrogens with zero attached hydrogens (tertiary/aromatic N) is 1. The first-order valence-electron chi connectivity index (χ1n) is 2.83. The average Bonchev–Trinajstić information content (AvgIpc) is 1.88. The highest BCUT2D eigenvalue weighted by atomic mass is 16.4. The van der Waals surface area contributed by atoms with E-state index < -0.39 is 7.25 Å². The van der Waals surface area contributed by atoms with Gasteiger partial charge < -0.3 is 15.0 Å². The van der Waals surface area contributed by atoms with Crippen LogP contribution in [0.15, 0.2) is 29.3 Å². The monoisotopic (exact) mass is 138 g/mol. The fourth-order valence-electron chi connectivity index (χ4n) is 0.589. The van der Waals surface area contributed by atoms with Crippen molar-refractivity contribution in [3.05, 3.63) is 29.9 Å². The predicted molar refractivity (Wildman–Crippen MR) is 36.5 cm³/mol. The molecule has 0 aliphatic heterocycles. The molecule has 0 bridgehead atoms. The summed E-state index contributed by atoms with van der Waals surface area (Å²) in [5.41, 5.74) is 0.442. The topological polar surface area (TPSA) is 68.6 Å². The van der Waals surface area contributed by atoms with E-state index in [4.69, 9.17) is 10.0 Å². The summed E-state index contributed by atoms with van der Waals surface area (Å²) < 4.78 is 0. The van der Waals surface area contributed by atoms with Crippen molar-refractivity contribution in [1.29, 1.82) is 0 Å². The molecule has 0 aliphatic rings. The van der Waals surface area contributed by atoms with E-state index in [1.807, 2.05) is 0 Å². The van der Waals surface area contributed by atoms with Crippen molar-refractivity contribution in [2.45, 2.75) is 0 Å². The molecule has 0 atom stereocenters. The molecule has 0 saturated carbocycles. The van der Waals surface area contributed by atoms with Crippen LogP contribution in [0.25, 0.3) is 0 Å². The molecule has 52 valence electrons.